The maximum Gasteiger partial charge on any atom is 0.145 e. The third-order valence-corrected chi connectivity index (χ3v) is 4.37. The van der Waals surface area contributed by atoms with Gasteiger partial charge in [-0.25, -0.2) is 9.97 Å². The van der Waals surface area contributed by atoms with Crippen LogP contribution in [0, 0.1) is 6.92 Å². The van der Waals surface area contributed by atoms with Gasteiger partial charge >= 0.3 is 0 Å². The summed E-state index contributed by atoms with van der Waals surface area (Å²) in [6, 6.07) is 17.7. The summed E-state index contributed by atoms with van der Waals surface area (Å²) < 4.78 is 0. The first kappa shape index (κ1) is 15.5. The summed E-state index contributed by atoms with van der Waals surface area (Å²) in [6.45, 7) is 1.85. The van der Waals surface area contributed by atoms with E-state index in [1.165, 1.54) is 0 Å². The van der Waals surface area contributed by atoms with Gasteiger partial charge in [-0.3, -0.25) is 4.98 Å². The lowest BCUT2D eigenvalue weighted by molar-refractivity contribution is 1.14. The van der Waals surface area contributed by atoms with Crippen molar-refractivity contribution in [2.75, 3.05) is 5.73 Å². The SMILES string of the molecule is Cc1nc(-c2cc(Cl)c3ncccc3c2)c(-c2ccccc2)nc1N. The predicted molar refractivity (Wildman–Crippen MR) is 102 cm³/mol. The van der Waals surface area contributed by atoms with Crippen molar-refractivity contribution in [1.82, 2.24) is 15.0 Å². The number of fused-ring (bicyclic) bond motifs is 1. The van der Waals surface area contributed by atoms with Crippen LogP contribution in [0.4, 0.5) is 5.82 Å². The van der Waals surface area contributed by atoms with E-state index in [1.807, 2.05) is 61.5 Å². The minimum atomic E-state index is 0.427. The lowest BCUT2D eigenvalue weighted by atomic mass is 10.0. The molecule has 2 heterocycles. The number of aromatic nitrogens is 3. The summed E-state index contributed by atoms with van der Waals surface area (Å²) in [5.74, 6) is 0.427. The number of hydrogen-bond donors (Lipinski definition) is 1. The van der Waals surface area contributed by atoms with Crippen LogP contribution in [-0.4, -0.2) is 15.0 Å². The molecule has 2 N–H and O–H groups in total. The number of benzene rings is 2. The fourth-order valence-electron chi connectivity index (χ4n) is 2.82. The van der Waals surface area contributed by atoms with Gasteiger partial charge in [0.2, 0.25) is 0 Å². The Labute approximate surface area is 150 Å². The number of hydrogen-bond acceptors (Lipinski definition) is 4. The van der Waals surface area contributed by atoms with Crippen LogP contribution in [0.2, 0.25) is 5.02 Å². The molecule has 0 aliphatic heterocycles. The predicted octanol–water partition coefficient (Wildman–Crippen LogP) is 4.90. The van der Waals surface area contributed by atoms with Crippen molar-refractivity contribution in [3.63, 3.8) is 0 Å². The maximum absolute atomic E-state index is 6.45. The molecular weight excluding hydrogens is 332 g/mol. The fraction of sp³-hybridized carbons (Fsp3) is 0.0500. The molecule has 2 aromatic carbocycles. The molecule has 4 rings (SSSR count). The molecule has 25 heavy (non-hydrogen) atoms. The van der Waals surface area contributed by atoms with E-state index in [2.05, 4.69) is 9.97 Å². The molecule has 5 heteroatoms. The third-order valence-electron chi connectivity index (χ3n) is 4.09. The molecule has 0 aliphatic rings. The first-order chi connectivity index (χ1) is 12.1. The Balaban J connectivity index is 2.01. The molecule has 0 fully saturated rings. The van der Waals surface area contributed by atoms with Crippen molar-refractivity contribution in [3.05, 3.63) is 71.5 Å². The summed E-state index contributed by atoms with van der Waals surface area (Å²) in [4.78, 5) is 13.6. The van der Waals surface area contributed by atoms with Crippen molar-refractivity contribution < 1.29 is 0 Å². The molecule has 0 bridgehead atoms. The number of halogens is 1. The van der Waals surface area contributed by atoms with E-state index in [4.69, 9.17) is 22.3 Å². The number of anilines is 1. The molecule has 0 saturated carbocycles. The Hall–Kier alpha value is -2.98. The van der Waals surface area contributed by atoms with Crippen molar-refractivity contribution >= 4 is 28.3 Å². The van der Waals surface area contributed by atoms with Crippen molar-refractivity contribution in [2.45, 2.75) is 6.92 Å². The molecule has 0 atom stereocenters. The Kier molecular flexibility index (Phi) is 3.82. The molecule has 0 radical (unpaired) electrons. The average Bonchev–Trinajstić information content (AvgIpc) is 2.64. The number of aryl methyl sites for hydroxylation is 1. The van der Waals surface area contributed by atoms with Gasteiger partial charge < -0.3 is 5.73 Å². The van der Waals surface area contributed by atoms with Crippen LogP contribution in [0.15, 0.2) is 60.8 Å². The van der Waals surface area contributed by atoms with E-state index >= 15 is 0 Å². The molecule has 2 aromatic heterocycles. The normalized spacial score (nSPS) is 11.0. The number of nitrogen functional groups attached to an aromatic ring is 1. The van der Waals surface area contributed by atoms with E-state index in [0.717, 1.165) is 33.4 Å². The van der Waals surface area contributed by atoms with E-state index in [0.29, 0.717) is 16.5 Å². The minimum Gasteiger partial charge on any atom is -0.382 e. The highest BCUT2D eigenvalue weighted by molar-refractivity contribution is 6.35. The van der Waals surface area contributed by atoms with Gasteiger partial charge in [0.15, 0.2) is 0 Å². The monoisotopic (exact) mass is 346 g/mol. The largest absolute Gasteiger partial charge is 0.382 e. The van der Waals surface area contributed by atoms with Gasteiger partial charge in [0, 0.05) is 22.7 Å². The highest BCUT2D eigenvalue weighted by atomic mass is 35.5. The van der Waals surface area contributed by atoms with Crippen molar-refractivity contribution in [2.24, 2.45) is 0 Å². The Morgan fingerprint density at radius 3 is 2.44 bits per heavy atom. The van der Waals surface area contributed by atoms with Crippen LogP contribution in [0.1, 0.15) is 5.69 Å². The highest BCUT2D eigenvalue weighted by Gasteiger charge is 2.15. The average molecular weight is 347 g/mol. The van der Waals surface area contributed by atoms with Gasteiger partial charge in [-0.1, -0.05) is 48.0 Å². The minimum absolute atomic E-state index is 0.427. The summed E-state index contributed by atoms with van der Waals surface area (Å²) in [6.07, 6.45) is 1.73. The summed E-state index contributed by atoms with van der Waals surface area (Å²) in [5.41, 5.74) is 10.8. The number of rotatable bonds is 2. The second-order valence-electron chi connectivity index (χ2n) is 5.79. The molecular formula is C20H15ClN4. The van der Waals surface area contributed by atoms with Crippen LogP contribution in [0.5, 0.6) is 0 Å². The molecule has 0 unspecified atom stereocenters. The van der Waals surface area contributed by atoms with Gasteiger partial charge in [-0.15, -0.1) is 0 Å². The van der Waals surface area contributed by atoms with Gasteiger partial charge in [0.1, 0.15) is 5.82 Å². The van der Waals surface area contributed by atoms with Gasteiger partial charge in [0.25, 0.3) is 0 Å². The lowest BCUT2D eigenvalue weighted by Gasteiger charge is -2.12. The number of pyridine rings is 1. The van der Waals surface area contributed by atoms with E-state index in [-0.39, 0.29) is 0 Å². The quantitative estimate of drug-likeness (QED) is 0.560. The molecule has 0 amide bonds. The van der Waals surface area contributed by atoms with Gasteiger partial charge in [-0.05, 0) is 25.1 Å². The van der Waals surface area contributed by atoms with Gasteiger partial charge in [0.05, 0.1) is 27.6 Å². The first-order valence-electron chi connectivity index (χ1n) is 7.87. The smallest absolute Gasteiger partial charge is 0.145 e. The number of nitrogens with zero attached hydrogens (tertiary/aromatic N) is 3. The molecule has 122 valence electrons. The zero-order valence-electron chi connectivity index (χ0n) is 13.6. The topological polar surface area (TPSA) is 64.7 Å². The van der Waals surface area contributed by atoms with Crippen LogP contribution in [0.3, 0.4) is 0 Å². The Bertz CT molecular complexity index is 1080. The molecule has 0 aliphatic carbocycles. The fourth-order valence-corrected chi connectivity index (χ4v) is 3.09. The second-order valence-corrected chi connectivity index (χ2v) is 6.20. The summed E-state index contributed by atoms with van der Waals surface area (Å²) in [5, 5.41) is 1.55. The number of nitrogens with two attached hydrogens (primary N) is 1. The molecule has 4 nitrogen and oxygen atoms in total. The first-order valence-corrected chi connectivity index (χ1v) is 8.25. The van der Waals surface area contributed by atoms with Crippen LogP contribution >= 0.6 is 11.6 Å². The third kappa shape index (κ3) is 2.81. The van der Waals surface area contributed by atoms with Crippen LogP contribution in [-0.2, 0) is 0 Å². The maximum atomic E-state index is 6.45. The second kappa shape index (κ2) is 6.15. The zero-order valence-corrected chi connectivity index (χ0v) is 14.3. The zero-order chi connectivity index (χ0) is 17.4. The van der Waals surface area contributed by atoms with Gasteiger partial charge in [-0.2, -0.15) is 0 Å². The Morgan fingerprint density at radius 2 is 1.64 bits per heavy atom. The molecule has 0 spiro atoms. The summed E-state index contributed by atoms with van der Waals surface area (Å²) >= 11 is 6.45. The summed E-state index contributed by atoms with van der Waals surface area (Å²) in [7, 11) is 0. The standard InChI is InChI=1S/C20H15ClN4/c1-12-20(22)25-18(13-6-3-2-4-7-13)19(24-12)15-10-14-8-5-9-23-17(14)16(21)11-15/h2-11H,1H3,(H2,22,25). The molecule has 0 saturated heterocycles. The Morgan fingerprint density at radius 1 is 0.880 bits per heavy atom. The van der Waals surface area contributed by atoms with E-state index in [1.54, 1.807) is 6.20 Å². The van der Waals surface area contributed by atoms with E-state index in [9.17, 15) is 0 Å². The van der Waals surface area contributed by atoms with E-state index < -0.39 is 0 Å². The van der Waals surface area contributed by atoms with Crippen molar-refractivity contribution in [3.8, 4) is 22.5 Å². The van der Waals surface area contributed by atoms with Crippen LogP contribution in [0.25, 0.3) is 33.4 Å². The lowest BCUT2D eigenvalue weighted by Crippen LogP contribution is -2.02. The van der Waals surface area contributed by atoms with Crippen molar-refractivity contribution in [1.29, 1.82) is 0 Å². The highest BCUT2D eigenvalue weighted by Crippen LogP contribution is 2.34. The van der Waals surface area contributed by atoms with Crippen LogP contribution < -0.4 is 5.73 Å². The molecule has 4 aromatic rings.